The molecule has 1 N–H and O–H groups in total. The van der Waals surface area contributed by atoms with Gasteiger partial charge in [0.05, 0.1) is 0 Å². The lowest BCUT2D eigenvalue weighted by Gasteiger charge is -2.37. The van der Waals surface area contributed by atoms with E-state index in [4.69, 9.17) is 0 Å². The Morgan fingerprint density at radius 3 is 2.26 bits per heavy atom. The predicted molar refractivity (Wildman–Crippen MR) is 135 cm³/mol. The van der Waals surface area contributed by atoms with Crippen molar-refractivity contribution in [1.29, 1.82) is 0 Å². The number of nitrogens with zero attached hydrogens (tertiary/aromatic N) is 3. The molecular weight excluding hydrogens is 424 g/mol. The van der Waals surface area contributed by atoms with Crippen molar-refractivity contribution in [2.24, 2.45) is 5.92 Å². The summed E-state index contributed by atoms with van der Waals surface area (Å²) in [5.41, 5.74) is 3.68. The Kier molecular flexibility index (Phi) is 8.35. The highest BCUT2D eigenvalue weighted by Crippen LogP contribution is 2.25. The van der Waals surface area contributed by atoms with Gasteiger partial charge in [-0.15, -0.1) is 0 Å². The minimum absolute atomic E-state index is 0.0330. The Hall–Kier alpha value is -2.70. The molecule has 2 aromatic carbocycles. The molecule has 2 heterocycles. The molecule has 4 rings (SSSR count). The van der Waals surface area contributed by atoms with Crippen LogP contribution >= 0.6 is 0 Å². The van der Waals surface area contributed by atoms with Crippen molar-refractivity contribution in [3.63, 3.8) is 0 Å². The third-order valence-electron chi connectivity index (χ3n) is 6.90. The quantitative estimate of drug-likeness (QED) is 0.656. The van der Waals surface area contributed by atoms with Gasteiger partial charge in [0.15, 0.2) is 0 Å². The summed E-state index contributed by atoms with van der Waals surface area (Å²) in [6, 6.07) is 18.3. The maximum atomic E-state index is 13.2. The van der Waals surface area contributed by atoms with E-state index in [9.17, 15) is 9.59 Å². The van der Waals surface area contributed by atoms with E-state index in [1.807, 2.05) is 26.0 Å². The molecule has 182 valence electrons. The number of nitrogens with one attached hydrogen (secondary N) is 1. The highest BCUT2D eigenvalue weighted by atomic mass is 16.2. The second-order valence-corrected chi connectivity index (χ2v) is 10.0. The van der Waals surface area contributed by atoms with Crippen LogP contribution in [0.2, 0.25) is 0 Å². The van der Waals surface area contributed by atoms with Gasteiger partial charge >= 0.3 is 0 Å². The summed E-state index contributed by atoms with van der Waals surface area (Å²) in [6.45, 7) is 11.2. The zero-order valence-corrected chi connectivity index (χ0v) is 20.6. The maximum absolute atomic E-state index is 13.2. The molecule has 2 aliphatic heterocycles. The normalized spacial score (nSPS) is 19.1. The maximum Gasteiger partial charge on any atom is 0.243 e. The molecule has 2 amide bonds. The lowest BCUT2D eigenvalue weighted by atomic mass is 9.92. The third kappa shape index (κ3) is 6.45. The number of benzene rings is 2. The van der Waals surface area contributed by atoms with E-state index in [0.717, 1.165) is 44.8 Å². The molecule has 0 spiro atoms. The van der Waals surface area contributed by atoms with Crippen LogP contribution < -0.4 is 5.32 Å². The minimum atomic E-state index is -0.427. The summed E-state index contributed by atoms with van der Waals surface area (Å²) in [7, 11) is 0. The molecule has 1 atom stereocenters. The molecule has 2 aromatic rings. The van der Waals surface area contributed by atoms with Gasteiger partial charge in [-0.05, 0) is 22.6 Å². The Bertz CT molecular complexity index is 954. The minimum Gasteiger partial charge on any atom is -0.353 e. The second kappa shape index (κ2) is 11.6. The van der Waals surface area contributed by atoms with Crippen LogP contribution in [0.4, 0.5) is 0 Å². The molecule has 2 aliphatic rings. The van der Waals surface area contributed by atoms with Crippen molar-refractivity contribution in [3.05, 3.63) is 71.3 Å². The monoisotopic (exact) mass is 462 g/mol. The fraction of sp³-hybridized carbons (Fsp3) is 0.500. The fourth-order valence-corrected chi connectivity index (χ4v) is 4.95. The number of fused-ring (bicyclic) bond motifs is 1. The molecule has 0 saturated carbocycles. The molecule has 6 nitrogen and oxygen atoms in total. The van der Waals surface area contributed by atoms with Gasteiger partial charge < -0.3 is 10.2 Å². The molecule has 34 heavy (non-hydrogen) atoms. The summed E-state index contributed by atoms with van der Waals surface area (Å²) < 4.78 is 0. The zero-order valence-electron chi connectivity index (χ0n) is 20.6. The number of hydrogen-bond acceptors (Lipinski definition) is 4. The Morgan fingerprint density at radius 1 is 0.912 bits per heavy atom. The van der Waals surface area contributed by atoms with Crippen molar-refractivity contribution < 1.29 is 9.59 Å². The first-order valence-corrected chi connectivity index (χ1v) is 12.6. The molecule has 0 aliphatic carbocycles. The van der Waals surface area contributed by atoms with Crippen LogP contribution in [0.1, 0.15) is 37.0 Å². The van der Waals surface area contributed by atoms with Crippen LogP contribution in [0.5, 0.6) is 0 Å². The average molecular weight is 463 g/mol. The Balaban J connectivity index is 1.26. The van der Waals surface area contributed by atoms with Gasteiger partial charge in [0.1, 0.15) is 6.04 Å². The zero-order chi connectivity index (χ0) is 23.9. The molecule has 1 fully saturated rings. The number of carbonyl (C=O) groups excluding carboxylic acids is 2. The largest absolute Gasteiger partial charge is 0.353 e. The van der Waals surface area contributed by atoms with Gasteiger partial charge in [0, 0.05) is 65.2 Å². The van der Waals surface area contributed by atoms with Crippen molar-refractivity contribution in [3.8, 4) is 0 Å². The molecule has 0 radical (unpaired) electrons. The highest BCUT2D eigenvalue weighted by Gasteiger charge is 2.34. The van der Waals surface area contributed by atoms with Crippen LogP contribution in [-0.2, 0) is 29.1 Å². The van der Waals surface area contributed by atoms with Crippen LogP contribution in [0.15, 0.2) is 54.6 Å². The van der Waals surface area contributed by atoms with Gasteiger partial charge in [0.2, 0.25) is 11.8 Å². The summed E-state index contributed by atoms with van der Waals surface area (Å²) in [5, 5.41) is 3.13. The molecule has 0 bridgehead atoms. The van der Waals surface area contributed by atoms with Gasteiger partial charge in [0.25, 0.3) is 0 Å². The Morgan fingerprint density at radius 2 is 1.56 bits per heavy atom. The summed E-state index contributed by atoms with van der Waals surface area (Å²) in [6.07, 6.45) is 1.06. The highest BCUT2D eigenvalue weighted by molar-refractivity contribution is 5.88. The lowest BCUT2D eigenvalue weighted by Crippen LogP contribution is -2.54. The van der Waals surface area contributed by atoms with E-state index in [0.29, 0.717) is 25.9 Å². The van der Waals surface area contributed by atoms with Gasteiger partial charge in [-0.2, -0.15) is 0 Å². The van der Waals surface area contributed by atoms with E-state index in [1.165, 1.54) is 11.1 Å². The number of hydrogen-bond donors (Lipinski definition) is 1. The predicted octanol–water partition coefficient (Wildman–Crippen LogP) is 2.92. The summed E-state index contributed by atoms with van der Waals surface area (Å²) >= 11 is 0. The number of piperazine rings is 1. The fourth-order valence-electron chi connectivity index (χ4n) is 4.95. The SMILES string of the molecule is CC(C)CC(=O)N1Cc2ccccc2CC1C(=O)NCCN1CCN(Cc2ccccc2)CC1. The van der Waals surface area contributed by atoms with E-state index in [1.54, 1.807) is 4.90 Å². The van der Waals surface area contributed by atoms with E-state index < -0.39 is 6.04 Å². The first-order chi connectivity index (χ1) is 16.5. The topological polar surface area (TPSA) is 55.9 Å². The first kappa shape index (κ1) is 24.4. The molecular formula is C28H38N4O2. The van der Waals surface area contributed by atoms with Gasteiger partial charge in [-0.25, -0.2) is 0 Å². The van der Waals surface area contributed by atoms with Gasteiger partial charge in [-0.1, -0.05) is 68.4 Å². The smallest absolute Gasteiger partial charge is 0.243 e. The van der Waals surface area contributed by atoms with E-state index in [-0.39, 0.29) is 17.7 Å². The van der Waals surface area contributed by atoms with Crippen molar-refractivity contribution in [2.45, 2.75) is 45.8 Å². The molecule has 1 saturated heterocycles. The summed E-state index contributed by atoms with van der Waals surface area (Å²) in [4.78, 5) is 32.8. The van der Waals surface area contributed by atoms with Crippen molar-refractivity contribution >= 4 is 11.8 Å². The molecule has 6 heteroatoms. The lowest BCUT2D eigenvalue weighted by molar-refractivity contribution is -0.142. The van der Waals surface area contributed by atoms with E-state index >= 15 is 0 Å². The second-order valence-electron chi connectivity index (χ2n) is 10.0. The van der Waals surface area contributed by atoms with E-state index in [2.05, 4.69) is 57.6 Å². The van der Waals surface area contributed by atoms with Crippen LogP contribution in [0.3, 0.4) is 0 Å². The number of carbonyl (C=O) groups is 2. The first-order valence-electron chi connectivity index (χ1n) is 12.6. The number of rotatable bonds is 8. The van der Waals surface area contributed by atoms with Crippen LogP contribution in [0, 0.1) is 5.92 Å². The van der Waals surface area contributed by atoms with Gasteiger partial charge in [-0.3, -0.25) is 19.4 Å². The average Bonchev–Trinajstić information content (AvgIpc) is 2.84. The summed E-state index contributed by atoms with van der Waals surface area (Å²) in [5.74, 6) is 0.308. The third-order valence-corrected chi connectivity index (χ3v) is 6.90. The number of amides is 2. The Labute approximate surface area is 203 Å². The molecule has 0 aromatic heterocycles. The standard InChI is InChI=1S/C28H38N4O2/c1-22(2)18-27(33)32-21-25-11-7-6-10-24(25)19-26(32)28(34)29-12-13-30-14-16-31(17-15-30)20-23-8-4-3-5-9-23/h3-11,22,26H,12-21H2,1-2H3,(H,29,34). The van der Waals surface area contributed by atoms with Crippen LogP contribution in [-0.4, -0.2) is 71.8 Å². The van der Waals surface area contributed by atoms with Crippen LogP contribution in [0.25, 0.3) is 0 Å². The van der Waals surface area contributed by atoms with Crippen molar-refractivity contribution in [1.82, 2.24) is 20.0 Å². The van der Waals surface area contributed by atoms with Crippen molar-refractivity contribution in [2.75, 3.05) is 39.3 Å². The molecule has 1 unspecified atom stereocenters.